The molecule has 1 aliphatic heterocycles. The Balaban J connectivity index is 1.50. The number of nitrogens with zero attached hydrogens (tertiary/aromatic N) is 5. The van der Waals surface area contributed by atoms with Gasteiger partial charge in [0, 0.05) is 42.0 Å². The van der Waals surface area contributed by atoms with Crippen LogP contribution in [0.25, 0.3) is 5.69 Å². The lowest BCUT2D eigenvalue weighted by Crippen LogP contribution is -2.44. The summed E-state index contributed by atoms with van der Waals surface area (Å²) in [5.41, 5.74) is 4.98. The van der Waals surface area contributed by atoms with Crippen LogP contribution < -0.4 is 10.2 Å². The zero-order valence-electron chi connectivity index (χ0n) is 17.4. The Kier molecular flexibility index (Phi) is 5.87. The van der Waals surface area contributed by atoms with E-state index < -0.39 is 0 Å². The molecule has 1 N–H and O–H groups in total. The summed E-state index contributed by atoms with van der Waals surface area (Å²) in [6, 6.07) is 13.8. The molecule has 7 nitrogen and oxygen atoms in total. The molecule has 1 saturated heterocycles. The van der Waals surface area contributed by atoms with Crippen LogP contribution in [0.15, 0.2) is 46.9 Å². The van der Waals surface area contributed by atoms with Gasteiger partial charge in [-0.05, 0) is 62.9 Å². The third-order valence-corrected chi connectivity index (χ3v) is 5.95. The number of amides is 1. The van der Waals surface area contributed by atoms with E-state index in [-0.39, 0.29) is 5.91 Å². The van der Waals surface area contributed by atoms with E-state index >= 15 is 0 Å². The first-order valence-electron chi connectivity index (χ1n) is 9.96. The molecule has 3 aromatic rings. The molecular formula is C22H25BrN6O. The second-order valence-electron chi connectivity index (χ2n) is 7.66. The number of hydrogen-bond donors (Lipinski definition) is 1. The van der Waals surface area contributed by atoms with E-state index in [0.717, 1.165) is 47.6 Å². The molecule has 30 heavy (non-hydrogen) atoms. The van der Waals surface area contributed by atoms with Crippen LogP contribution in [-0.2, 0) is 0 Å². The molecule has 8 heteroatoms. The maximum atomic E-state index is 12.8. The second kappa shape index (κ2) is 8.57. The molecule has 0 atom stereocenters. The van der Waals surface area contributed by atoms with Crippen molar-refractivity contribution in [3.05, 3.63) is 63.9 Å². The van der Waals surface area contributed by atoms with Crippen LogP contribution in [0.1, 0.15) is 21.7 Å². The van der Waals surface area contributed by atoms with Crippen molar-refractivity contribution in [3.63, 3.8) is 0 Å². The van der Waals surface area contributed by atoms with Crippen molar-refractivity contribution in [2.24, 2.45) is 0 Å². The Hall–Kier alpha value is -2.71. The molecule has 4 rings (SSSR count). The minimum atomic E-state index is -0.263. The summed E-state index contributed by atoms with van der Waals surface area (Å²) in [4.78, 5) is 17.6. The third-order valence-electron chi connectivity index (χ3n) is 5.46. The van der Waals surface area contributed by atoms with Crippen LogP contribution >= 0.6 is 15.9 Å². The van der Waals surface area contributed by atoms with E-state index in [1.54, 1.807) is 4.68 Å². The molecule has 0 radical (unpaired) electrons. The van der Waals surface area contributed by atoms with Gasteiger partial charge in [-0.2, -0.15) is 0 Å². The van der Waals surface area contributed by atoms with Gasteiger partial charge in [-0.3, -0.25) is 4.79 Å². The van der Waals surface area contributed by atoms with Gasteiger partial charge in [0.25, 0.3) is 5.91 Å². The summed E-state index contributed by atoms with van der Waals surface area (Å²) in [6.07, 6.45) is 0. The van der Waals surface area contributed by atoms with E-state index in [9.17, 15) is 4.79 Å². The van der Waals surface area contributed by atoms with Gasteiger partial charge >= 0.3 is 0 Å². The third kappa shape index (κ3) is 4.24. The van der Waals surface area contributed by atoms with Gasteiger partial charge in [-0.15, -0.1) is 5.10 Å². The van der Waals surface area contributed by atoms with E-state index in [2.05, 4.69) is 61.4 Å². The highest BCUT2D eigenvalue weighted by atomic mass is 79.9. The Morgan fingerprint density at radius 3 is 2.53 bits per heavy atom. The van der Waals surface area contributed by atoms with Gasteiger partial charge in [-0.25, -0.2) is 4.68 Å². The highest BCUT2D eigenvalue weighted by Gasteiger charge is 2.19. The summed E-state index contributed by atoms with van der Waals surface area (Å²) < 4.78 is 2.61. The van der Waals surface area contributed by atoms with Crippen LogP contribution in [0.3, 0.4) is 0 Å². The quantitative estimate of drug-likeness (QED) is 0.632. The van der Waals surface area contributed by atoms with Crippen molar-refractivity contribution in [2.75, 3.05) is 43.4 Å². The standard InChI is InChI=1S/C22H25BrN6O/c1-15-13-18(7-8-20(15)28-11-9-27(3)10-12-28)24-22(30)21-16(2)29(26-25-21)19-6-4-5-17(23)14-19/h4-8,13-14H,9-12H2,1-3H3,(H,24,30). The fourth-order valence-electron chi connectivity index (χ4n) is 3.72. The number of piperazine rings is 1. The first-order chi connectivity index (χ1) is 14.4. The van der Waals surface area contributed by atoms with Crippen LogP contribution in [0.4, 0.5) is 11.4 Å². The lowest BCUT2D eigenvalue weighted by molar-refractivity contribution is 0.102. The summed E-state index contributed by atoms with van der Waals surface area (Å²) in [5, 5.41) is 11.2. The monoisotopic (exact) mass is 468 g/mol. The molecule has 2 aromatic carbocycles. The van der Waals surface area contributed by atoms with Gasteiger partial charge in [0.1, 0.15) is 0 Å². The molecule has 0 saturated carbocycles. The summed E-state index contributed by atoms with van der Waals surface area (Å²) in [6.45, 7) is 8.08. The highest BCUT2D eigenvalue weighted by molar-refractivity contribution is 9.10. The Morgan fingerprint density at radius 1 is 1.07 bits per heavy atom. The fourth-order valence-corrected chi connectivity index (χ4v) is 4.10. The predicted molar refractivity (Wildman–Crippen MR) is 123 cm³/mol. The average Bonchev–Trinajstić information content (AvgIpc) is 3.10. The maximum absolute atomic E-state index is 12.8. The van der Waals surface area contributed by atoms with Crippen molar-refractivity contribution >= 4 is 33.2 Å². The lowest BCUT2D eigenvalue weighted by atomic mass is 10.1. The predicted octanol–water partition coefficient (Wildman–Crippen LogP) is 3.65. The van der Waals surface area contributed by atoms with E-state index in [4.69, 9.17) is 0 Å². The van der Waals surface area contributed by atoms with Crippen molar-refractivity contribution in [3.8, 4) is 5.69 Å². The number of rotatable bonds is 4. The van der Waals surface area contributed by atoms with E-state index in [1.807, 2.05) is 43.3 Å². The maximum Gasteiger partial charge on any atom is 0.278 e. The van der Waals surface area contributed by atoms with Crippen molar-refractivity contribution in [1.29, 1.82) is 0 Å². The number of nitrogens with one attached hydrogen (secondary N) is 1. The molecule has 156 valence electrons. The van der Waals surface area contributed by atoms with Crippen molar-refractivity contribution in [1.82, 2.24) is 19.9 Å². The van der Waals surface area contributed by atoms with Crippen molar-refractivity contribution in [2.45, 2.75) is 13.8 Å². The normalized spacial score (nSPS) is 14.7. The number of aryl methyl sites for hydroxylation is 1. The average molecular weight is 469 g/mol. The minimum absolute atomic E-state index is 0.263. The fraction of sp³-hybridized carbons (Fsp3) is 0.318. The number of likely N-dealkylation sites (N-methyl/N-ethyl adjacent to an activating group) is 1. The van der Waals surface area contributed by atoms with E-state index in [1.165, 1.54) is 5.69 Å². The number of halogens is 1. The smallest absolute Gasteiger partial charge is 0.278 e. The molecule has 0 spiro atoms. The molecule has 0 unspecified atom stereocenters. The largest absolute Gasteiger partial charge is 0.369 e. The van der Waals surface area contributed by atoms with Gasteiger partial charge in [0.05, 0.1) is 11.4 Å². The molecule has 1 fully saturated rings. The Bertz CT molecular complexity index is 1070. The van der Waals surface area contributed by atoms with Gasteiger partial charge < -0.3 is 15.1 Å². The molecule has 1 aliphatic rings. The molecule has 1 amide bonds. The zero-order chi connectivity index (χ0) is 21.3. The van der Waals surface area contributed by atoms with Gasteiger partial charge in [0.2, 0.25) is 0 Å². The van der Waals surface area contributed by atoms with Crippen LogP contribution in [-0.4, -0.2) is 59.0 Å². The number of carbonyl (C=O) groups is 1. The number of hydrogen-bond acceptors (Lipinski definition) is 5. The van der Waals surface area contributed by atoms with Crippen LogP contribution in [0, 0.1) is 13.8 Å². The molecule has 1 aromatic heterocycles. The van der Waals surface area contributed by atoms with E-state index in [0.29, 0.717) is 11.4 Å². The number of carbonyl (C=O) groups excluding carboxylic acids is 1. The number of anilines is 2. The first-order valence-corrected chi connectivity index (χ1v) is 10.8. The molecular weight excluding hydrogens is 444 g/mol. The number of benzene rings is 2. The molecule has 2 heterocycles. The first kappa shape index (κ1) is 20.6. The topological polar surface area (TPSA) is 66.3 Å². The van der Waals surface area contributed by atoms with Crippen LogP contribution in [0.2, 0.25) is 0 Å². The Labute approximate surface area is 184 Å². The highest BCUT2D eigenvalue weighted by Crippen LogP contribution is 2.25. The van der Waals surface area contributed by atoms with Gasteiger partial charge in [-0.1, -0.05) is 27.2 Å². The lowest BCUT2D eigenvalue weighted by Gasteiger charge is -2.35. The Morgan fingerprint density at radius 2 is 1.83 bits per heavy atom. The zero-order valence-corrected chi connectivity index (χ0v) is 19.0. The SMILES string of the molecule is Cc1cc(NC(=O)c2nnn(-c3cccc(Br)c3)c2C)ccc1N1CCN(C)CC1. The minimum Gasteiger partial charge on any atom is -0.369 e. The van der Waals surface area contributed by atoms with Crippen LogP contribution in [0.5, 0.6) is 0 Å². The molecule has 0 bridgehead atoms. The summed E-state index contributed by atoms with van der Waals surface area (Å²) in [5.74, 6) is -0.263. The number of aromatic nitrogens is 3. The molecule has 0 aliphatic carbocycles. The summed E-state index contributed by atoms with van der Waals surface area (Å²) in [7, 11) is 2.15. The summed E-state index contributed by atoms with van der Waals surface area (Å²) >= 11 is 3.46. The second-order valence-corrected chi connectivity index (χ2v) is 8.58. The van der Waals surface area contributed by atoms with Crippen molar-refractivity contribution < 1.29 is 4.79 Å². The van der Waals surface area contributed by atoms with Gasteiger partial charge in [0.15, 0.2) is 5.69 Å².